The first-order valence-corrected chi connectivity index (χ1v) is 7.56. The largest absolute Gasteiger partial charge is 0.155 e. The van der Waals surface area contributed by atoms with E-state index in [4.69, 9.17) is 34.8 Å². The van der Waals surface area contributed by atoms with Crippen molar-refractivity contribution in [3.63, 3.8) is 0 Å². The van der Waals surface area contributed by atoms with Crippen molar-refractivity contribution >= 4 is 65.4 Å². The molecule has 82 valence electrons. The Morgan fingerprint density at radius 2 is 2.07 bits per heavy atom. The van der Waals surface area contributed by atoms with E-state index in [-0.39, 0.29) is 4.84 Å². The molecule has 0 spiro atoms. The van der Waals surface area contributed by atoms with E-state index in [1.165, 1.54) is 0 Å². The fourth-order valence-corrected chi connectivity index (χ4v) is 3.74. The van der Waals surface area contributed by atoms with Crippen LogP contribution in [0.15, 0.2) is 4.60 Å². The maximum atomic E-state index is 5.87. The van der Waals surface area contributed by atoms with Gasteiger partial charge < -0.3 is 0 Å². The summed E-state index contributed by atoms with van der Waals surface area (Å²) in [5.74, 6) is 0.428. The first-order chi connectivity index (χ1) is 7.06. The molecule has 1 rings (SSSR count). The van der Waals surface area contributed by atoms with Gasteiger partial charge >= 0.3 is 0 Å². The summed E-state index contributed by atoms with van der Waals surface area (Å²) >= 11 is 20.6. The van der Waals surface area contributed by atoms with Crippen molar-refractivity contribution in [1.29, 1.82) is 0 Å². The van der Waals surface area contributed by atoms with Gasteiger partial charge in [-0.05, 0) is 39.6 Å². The normalized spacial score (nSPS) is 11.1. The van der Waals surface area contributed by atoms with Gasteiger partial charge in [-0.1, -0.05) is 0 Å². The summed E-state index contributed by atoms with van der Waals surface area (Å²) in [5, 5.41) is 9.06. The van der Waals surface area contributed by atoms with Gasteiger partial charge in [0.2, 0.25) is 0 Å². The van der Waals surface area contributed by atoms with E-state index in [0.29, 0.717) is 21.4 Å². The smallest absolute Gasteiger partial charge is 0.127 e. The predicted octanol–water partition coefficient (Wildman–Crippen LogP) is 2.84. The molecule has 0 aliphatic heterocycles. The lowest BCUT2D eigenvalue weighted by Crippen LogP contribution is -2.25. The second-order valence-corrected chi connectivity index (χ2v) is 6.39. The van der Waals surface area contributed by atoms with Crippen molar-refractivity contribution in [1.82, 2.24) is 10.2 Å². The summed E-state index contributed by atoms with van der Waals surface area (Å²) in [7, 11) is 0.488. The average molecular weight is 347 g/mol. The highest BCUT2D eigenvalue weighted by Gasteiger charge is 2.13. The van der Waals surface area contributed by atoms with Gasteiger partial charge in [0, 0.05) is 5.88 Å². The molecule has 0 unspecified atom stereocenters. The third-order valence-electron chi connectivity index (χ3n) is 1.80. The number of aromatic nitrogens is 2. The molecule has 2 nitrogen and oxygen atoms in total. The number of alkyl halides is 3. The maximum absolute atomic E-state index is 5.87. The van der Waals surface area contributed by atoms with Gasteiger partial charge in [0.25, 0.3) is 0 Å². The molecule has 0 N–H and O–H groups in total. The van der Waals surface area contributed by atoms with Crippen molar-refractivity contribution in [3.8, 4) is 0 Å². The van der Waals surface area contributed by atoms with Crippen molar-refractivity contribution in [2.24, 2.45) is 0 Å². The Labute approximate surface area is 115 Å². The van der Waals surface area contributed by atoms with Gasteiger partial charge in [-0.3, -0.25) is 0 Å². The molecule has 1 heterocycles. The van der Waals surface area contributed by atoms with Crippen LogP contribution in [-0.4, -0.2) is 24.6 Å². The van der Waals surface area contributed by atoms with Crippen LogP contribution in [0.3, 0.4) is 0 Å². The standard InChI is InChI=1S/C8H8BrCl3N2Si/c1-4-5(2-10)7(8(9)14-13-4)15-3-6(11)12/h6H,2-3H2,1H3. The van der Waals surface area contributed by atoms with Crippen molar-refractivity contribution in [2.75, 3.05) is 0 Å². The quantitative estimate of drug-likeness (QED) is 0.619. The number of hydrogen-bond acceptors (Lipinski definition) is 2. The summed E-state index contributed by atoms with van der Waals surface area (Å²) in [6, 6.07) is 0.705. The molecule has 0 aliphatic rings. The van der Waals surface area contributed by atoms with Crippen LogP contribution in [0.5, 0.6) is 0 Å². The van der Waals surface area contributed by atoms with Crippen LogP contribution in [0.1, 0.15) is 11.3 Å². The Bertz CT molecular complexity index is 349. The van der Waals surface area contributed by atoms with Gasteiger partial charge in [0.15, 0.2) is 0 Å². The highest BCUT2D eigenvalue weighted by Crippen LogP contribution is 2.13. The minimum Gasteiger partial charge on any atom is -0.155 e. The van der Waals surface area contributed by atoms with Crippen LogP contribution in [0, 0.1) is 6.92 Å². The van der Waals surface area contributed by atoms with Crippen molar-refractivity contribution in [3.05, 3.63) is 15.9 Å². The number of hydrogen-bond donors (Lipinski definition) is 0. The summed E-state index contributed by atoms with van der Waals surface area (Å²) in [5.41, 5.74) is 1.88. The molecule has 0 fully saturated rings. The van der Waals surface area contributed by atoms with Crippen LogP contribution in [0.2, 0.25) is 6.04 Å². The molecular formula is C8H8BrCl3N2Si. The lowest BCUT2D eigenvalue weighted by Gasteiger charge is -2.10. The minimum absolute atomic E-state index is 0.355. The van der Waals surface area contributed by atoms with Crippen LogP contribution < -0.4 is 5.19 Å². The predicted molar refractivity (Wildman–Crippen MR) is 69.7 cm³/mol. The molecule has 0 saturated carbocycles. The van der Waals surface area contributed by atoms with Gasteiger partial charge in [0.1, 0.15) is 9.44 Å². The zero-order valence-corrected chi connectivity index (χ0v) is 12.8. The fourth-order valence-electron chi connectivity index (χ4n) is 1.06. The third kappa shape index (κ3) is 3.86. The first kappa shape index (κ1) is 13.7. The van der Waals surface area contributed by atoms with Gasteiger partial charge in [0.05, 0.1) is 15.2 Å². The Balaban J connectivity index is 2.97. The van der Waals surface area contributed by atoms with Crippen LogP contribution in [0.4, 0.5) is 0 Å². The number of halogens is 4. The Morgan fingerprint density at radius 3 is 2.60 bits per heavy atom. The number of aryl methyl sites for hydroxylation is 1. The van der Waals surface area contributed by atoms with E-state index >= 15 is 0 Å². The highest BCUT2D eigenvalue weighted by molar-refractivity contribution is 9.10. The Hall–Kier alpha value is 0.647. The van der Waals surface area contributed by atoms with Crippen molar-refractivity contribution < 1.29 is 0 Å². The Morgan fingerprint density at radius 1 is 1.40 bits per heavy atom. The topological polar surface area (TPSA) is 25.8 Å². The van der Waals surface area contributed by atoms with E-state index in [1.807, 2.05) is 6.92 Å². The lowest BCUT2D eigenvalue weighted by molar-refractivity contribution is 0.947. The third-order valence-corrected chi connectivity index (χ3v) is 5.32. The minimum atomic E-state index is -0.355. The molecule has 0 amide bonds. The van der Waals surface area contributed by atoms with Gasteiger partial charge in [-0.15, -0.1) is 39.9 Å². The van der Waals surface area contributed by atoms with E-state index < -0.39 is 0 Å². The van der Waals surface area contributed by atoms with E-state index in [0.717, 1.165) is 21.0 Å². The lowest BCUT2D eigenvalue weighted by atomic mass is 10.2. The molecule has 2 radical (unpaired) electrons. The second kappa shape index (κ2) is 6.40. The zero-order valence-electron chi connectivity index (χ0n) is 7.90. The van der Waals surface area contributed by atoms with Crippen LogP contribution >= 0.6 is 50.7 Å². The second-order valence-electron chi connectivity index (χ2n) is 2.84. The van der Waals surface area contributed by atoms with E-state index in [1.54, 1.807) is 0 Å². The summed E-state index contributed by atoms with van der Waals surface area (Å²) in [4.78, 5) is -0.355. The fraction of sp³-hybridized carbons (Fsp3) is 0.500. The molecule has 7 heteroatoms. The van der Waals surface area contributed by atoms with E-state index in [9.17, 15) is 0 Å². The molecule has 15 heavy (non-hydrogen) atoms. The molecule has 0 saturated heterocycles. The van der Waals surface area contributed by atoms with Crippen LogP contribution in [0.25, 0.3) is 0 Å². The molecule has 0 aliphatic carbocycles. The summed E-state index contributed by atoms with van der Waals surface area (Å²) in [6.07, 6.45) is 0. The van der Waals surface area contributed by atoms with Crippen LogP contribution in [-0.2, 0) is 5.88 Å². The zero-order chi connectivity index (χ0) is 11.4. The SMILES string of the molecule is Cc1nnc(Br)c([Si]CC(Cl)Cl)c1CCl. The average Bonchev–Trinajstić information content (AvgIpc) is 2.19. The highest BCUT2D eigenvalue weighted by atomic mass is 79.9. The molecule has 0 aromatic carbocycles. The number of rotatable bonds is 4. The Kier molecular flexibility index (Phi) is 5.85. The molecule has 1 aromatic heterocycles. The summed E-state index contributed by atoms with van der Waals surface area (Å²) < 4.78 is 0.732. The maximum Gasteiger partial charge on any atom is 0.127 e. The molecule has 0 bridgehead atoms. The summed E-state index contributed by atoms with van der Waals surface area (Å²) in [6.45, 7) is 1.89. The van der Waals surface area contributed by atoms with Crippen molar-refractivity contribution in [2.45, 2.75) is 23.7 Å². The monoisotopic (exact) mass is 344 g/mol. The van der Waals surface area contributed by atoms with Gasteiger partial charge in [-0.25, -0.2) is 0 Å². The number of nitrogens with zero attached hydrogens (tertiary/aromatic N) is 2. The molecule has 0 atom stereocenters. The molecular weight excluding hydrogens is 338 g/mol. The van der Waals surface area contributed by atoms with E-state index in [2.05, 4.69) is 26.1 Å². The molecule has 1 aromatic rings. The van der Waals surface area contributed by atoms with Gasteiger partial charge in [-0.2, -0.15) is 5.10 Å². The first-order valence-electron chi connectivity index (χ1n) is 4.16.